The molecule has 0 saturated heterocycles. The first kappa shape index (κ1) is 14.3. The van der Waals surface area contributed by atoms with Crippen LogP contribution in [0.4, 0.5) is 0 Å². The fourth-order valence-corrected chi connectivity index (χ4v) is 1.97. The van der Waals surface area contributed by atoms with E-state index in [1.54, 1.807) is 18.2 Å². The average molecular weight is 333 g/mol. The van der Waals surface area contributed by atoms with Gasteiger partial charge >= 0.3 is 0 Å². The molecule has 2 aromatic rings. The van der Waals surface area contributed by atoms with Crippen LogP contribution in [0.25, 0.3) is 0 Å². The standard InChI is InChI=1S/C15H13BrN2O2/c16-14-7-6-13(19)9-12(14)10-17-18-15(20)8-11-4-2-1-3-5-11/h1-7,9-10,19H,8H2,(H,18,20)/b17-10+. The lowest BCUT2D eigenvalue weighted by Gasteiger charge is -2.01. The summed E-state index contributed by atoms with van der Waals surface area (Å²) >= 11 is 3.34. The Morgan fingerprint density at radius 3 is 2.75 bits per heavy atom. The average Bonchev–Trinajstić information content (AvgIpc) is 2.44. The Morgan fingerprint density at radius 1 is 1.25 bits per heavy atom. The molecule has 0 spiro atoms. The van der Waals surface area contributed by atoms with E-state index in [1.807, 2.05) is 30.3 Å². The van der Waals surface area contributed by atoms with E-state index in [-0.39, 0.29) is 18.1 Å². The van der Waals surface area contributed by atoms with Crippen LogP contribution in [0.1, 0.15) is 11.1 Å². The zero-order chi connectivity index (χ0) is 14.4. The fourth-order valence-electron chi connectivity index (χ4n) is 1.62. The van der Waals surface area contributed by atoms with Crippen LogP contribution in [0, 0.1) is 0 Å². The first-order chi connectivity index (χ1) is 9.65. The fraction of sp³-hybridized carbons (Fsp3) is 0.0667. The van der Waals surface area contributed by atoms with E-state index in [1.165, 1.54) is 6.21 Å². The Balaban J connectivity index is 1.93. The summed E-state index contributed by atoms with van der Waals surface area (Å²) in [6.07, 6.45) is 1.76. The molecule has 0 aliphatic heterocycles. The molecule has 1 amide bonds. The summed E-state index contributed by atoms with van der Waals surface area (Å²) in [7, 11) is 0. The van der Waals surface area contributed by atoms with Gasteiger partial charge in [-0.05, 0) is 23.8 Å². The molecular weight excluding hydrogens is 320 g/mol. The summed E-state index contributed by atoms with van der Waals surface area (Å²) in [5, 5.41) is 13.2. The number of rotatable bonds is 4. The minimum atomic E-state index is -0.191. The third kappa shape index (κ3) is 4.20. The second-order valence-electron chi connectivity index (χ2n) is 4.16. The van der Waals surface area contributed by atoms with Crippen molar-refractivity contribution >= 4 is 28.1 Å². The predicted octanol–water partition coefficient (Wildman–Crippen LogP) is 2.85. The van der Waals surface area contributed by atoms with Gasteiger partial charge in [-0.2, -0.15) is 5.10 Å². The normalized spacial score (nSPS) is 10.7. The van der Waals surface area contributed by atoms with Crippen LogP contribution in [0.2, 0.25) is 0 Å². The maximum atomic E-state index is 11.7. The molecule has 2 N–H and O–H groups in total. The summed E-state index contributed by atoms with van der Waals surface area (Å²) in [4.78, 5) is 11.7. The molecule has 0 unspecified atom stereocenters. The number of nitrogens with one attached hydrogen (secondary N) is 1. The van der Waals surface area contributed by atoms with Crippen LogP contribution < -0.4 is 5.43 Å². The summed E-state index contributed by atoms with van der Waals surface area (Å²) < 4.78 is 0.788. The molecule has 0 aromatic heterocycles. The number of halogens is 1. The number of phenolic OH excluding ortho intramolecular Hbond substituents is 1. The Labute approximate surface area is 125 Å². The number of carbonyl (C=O) groups excluding carboxylic acids is 1. The van der Waals surface area contributed by atoms with Gasteiger partial charge in [-0.3, -0.25) is 4.79 Å². The molecule has 4 nitrogen and oxygen atoms in total. The van der Waals surface area contributed by atoms with E-state index >= 15 is 0 Å². The maximum absolute atomic E-state index is 11.7. The Hall–Kier alpha value is -2.14. The molecule has 0 heterocycles. The molecule has 2 rings (SSSR count). The van der Waals surface area contributed by atoms with E-state index in [4.69, 9.17) is 0 Å². The number of amides is 1. The molecule has 102 valence electrons. The van der Waals surface area contributed by atoms with Crippen LogP contribution in [-0.4, -0.2) is 17.2 Å². The molecule has 0 aliphatic rings. The number of hydrazone groups is 1. The number of benzene rings is 2. The smallest absolute Gasteiger partial charge is 0.244 e. The van der Waals surface area contributed by atoms with Crippen LogP contribution in [0.5, 0.6) is 5.75 Å². The van der Waals surface area contributed by atoms with E-state index < -0.39 is 0 Å². The molecule has 0 saturated carbocycles. The van der Waals surface area contributed by atoms with E-state index in [0.29, 0.717) is 5.56 Å². The second-order valence-corrected chi connectivity index (χ2v) is 5.02. The number of aromatic hydroxyl groups is 1. The van der Waals surface area contributed by atoms with Crippen LogP contribution in [-0.2, 0) is 11.2 Å². The summed E-state index contributed by atoms with van der Waals surface area (Å²) in [5.41, 5.74) is 4.07. The van der Waals surface area contributed by atoms with Gasteiger partial charge in [-0.25, -0.2) is 5.43 Å². The topological polar surface area (TPSA) is 61.7 Å². The van der Waals surface area contributed by atoms with Crippen molar-refractivity contribution in [3.05, 3.63) is 64.1 Å². The van der Waals surface area contributed by atoms with Crippen molar-refractivity contribution in [1.29, 1.82) is 0 Å². The molecule has 0 aliphatic carbocycles. The Morgan fingerprint density at radius 2 is 2.00 bits per heavy atom. The number of carbonyl (C=O) groups is 1. The zero-order valence-electron chi connectivity index (χ0n) is 10.6. The van der Waals surface area contributed by atoms with Crippen LogP contribution in [0.15, 0.2) is 58.1 Å². The largest absolute Gasteiger partial charge is 0.508 e. The van der Waals surface area contributed by atoms with Crippen LogP contribution in [0.3, 0.4) is 0 Å². The van der Waals surface area contributed by atoms with Gasteiger partial charge in [0, 0.05) is 10.0 Å². The summed E-state index contributed by atoms with van der Waals surface area (Å²) in [6, 6.07) is 14.3. The van der Waals surface area contributed by atoms with Gasteiger partial charge in [-0.1, -0.05) is 46.3 Å². The van der Waals surface area contributed by atoms with Crippen molar-refractivity contribution in [3.8, 4) is 5.75 Å². The highest BCUT2D eigenvalue weighted by Gasteiger charge is 2.02. The molecule has 0 radical (unpaired) electrons. The molecular formula is C15H13BrN2O2. The van der Waals surface area contributed by atoms with Gasteiger partial charge in [0.1, 0.15) is 5.75 Å². The summed E-state index contributed by atoms with van der Waals surface area (Å²) in [5.74, 6) is -0.0472. The van der Waals surface area contributed by atoms with E-state index in [9.17, 15) is 9.90 Å². The lowest BCUT2D eigenvalue weighted by Crippen LogP contribution is -2.19. The number of nitrogens with zero attached hydrogens (tertiary/aromatic N) is 1. The number of phenols is 1. The van der Waals surface area contributed by atoms with E-state index in [2.05, 4.69) is 26.5 Å². The second kappa shape index (κ2) is 6.86. The van der Waals surface area contributed by atoms with Gasteiger partial charge in [0.25, 0.3) is 0 Å². The highest BCUT2D eigenvalue weighted by Crippen LogP contribution is 2.19. The number of hydrogen-bond acceptors (Lipinski definition) is 3. The predicted molar refractivity (Wildman–Crippen MR) is 81.7 cm³/mol. The molecule has 2 aromatic carbocycles. The van der Waals surface area contributed by atoms with Crippen molar-refractivity contribution in [2.75, 3.05) is 0 Å². The van der Waals surface area contributed by atoms with Gasteiger partial charge in [0.05, 0.1) is 12.6 Å². The first-order valence-electron chi connectivity index (χ1n) is 5.99. The quantitative estimate of drug-likeness (QED) is 0.668. The first-order valence-corrected chi connectivity index (χ1v) is 6.79. The lowest BCUT2D eigenvalue weighted by atomic mass is 10.1. The SMILES string of the molecule is O=C(Cc1ccccc1)N/N=C/c1cc(O)ccc1Br. The van der Waals surface area contributed by atoms with Gasteiger partial charge in [-0.15, -0.1) is 0 Å². The monoisotopic (exact) mass is 332 g/mol. The maximum Gasteiger partial charge on any atom is 0.244 e. The lowest BCUT2D eigenvalue weighted by molar-refractivity contribution is -0.120. The van der Waals surface area contributed by atoms with Crippen molar-refractivity contribution in [3.63, 3.8) is 0 Å². The zero-order valence-corrected chi connectivity index (χ0v) is 12.2. The van der Waals surface area contributed by atoms with Crippen molar-refractivity contribution < 1.29 is 9.90 Å². The molecule has 0 bridgehead atoms. The Kier molecular flexibility index (Phi) is 4.90. The highest BCUT2D eigenvalue weighted by molar-refractivity contribution is 9.10. The minimum absolute atomic E-state index is 0.144. The summed E-state index contributed by atoms with van der Waals surface area (Å²) in [6.45, 7) is 0. The molecule has 0 atom stereocenters. The molecule has 0 fully saturated rings. The van der Waals surface area contributed by atoms with Gasteiger partial charge < -0.3 is 5.11 Å². The highest BCUT2D eigenvalue weighted by atomic mass is 79.9. The minimum Gasteiger partial charge on any atom is -0.508 e. The van der Waals surface area contributed by atoms with Crippen molar-refractivity contribution in [1.82, 2.24) is 5.43 Å². The molecule has 20 heavy (non-hydrogen) atoms. The number of hydrogen-bond donors (Lipinski definition) is 2. The molecule has 5 heteroatoms. The van der Waals surface area contributed by atoms with Crippen molar-refractivity contribution in [2.45, 2.75) is 6.42 Å². The van der Waals surface area contributed by atoms with Gasteiger partial charge in [0.2, 0.25) is 5.91 Å². The van der Waals surface area contributed by atoms with Crippen molar-refractivity contribution in [2.24, 2.45) is 5.10 Å². The third-order valence-electron chi connectivity index (χ3n) is 2.58. The van der Waals surface area contributed by atoms with Gasteiger partial charge in [0.15, 0.2) is 0 Å². The van der Waals surface area contributed by atoms with E-state index in [0.717, 1.165) is 10.0 Å². The van der Waals surface area contributed by atoms with Crippen LogP contribution >= 0.6 is 15.9 Å². The Bertz CT molecular complexity index is 627. The third-order valence-corrected chi connectivity index (χ3v) is 3.30.